The van der Waals surface area contributed by atoms with Gasteiger partial charge in [-0.25, -0.2) is 4.79 Å². The zero-order chi connectivity index (χ0) is 20.6. The Morgan fingerprint density at radius 3 is 2.39 bits per heavy atom. The first-order valence-electron chi connectivity index (χ1n) is 9.64. The fourth-order valence-corrected chi connectivity index (χ4v) is 3.12. The van der Waals surface area contributed by atoms with Gasteiger partial charge in [-0.3, -0.25) is 9.79 Å². The number of hydrogen-bond acceptors (Lipinski definition) is 5. The van der Waals surface area contributed by atoms with Gasteiger partial charge in [-0.05, 0) is 33.1 Å². The number of rotatable bonds is 6. The molecular formula is C19H37IN4O4. The van der Waals surface area contributed by atoms with Crippen molar-refractivity contribution >= 4 is 42.0 Å². The van der Waals surface area contributed by atoms with Gasteiger partial charge in [-0.1, -0.05) is 13.8 Å². The summed E-state index contributed by atoms with van der Waals surface area (Å²) in [4.78, 5) is 32.3. The predicted octanol–water partition coefficient (Wildman–Crippen LogP) is 2.57. The SMILES string of the molecule is CCCN(CCNC(=NC)N1CC(C)C(C(=O)OC)C1)C(=O)OC(C)(C)C.I. The van der Waals surface area contributed by atoms with Crippen LogP contribution in [0.5, 0.6) is 0 Å². The molecule has 0 aromatic heterocycles. The number of amides is 1. The number of nitrogens with one attached hydrogen (secondary N) is 1. The van der Waals surface area contributed by atoms with Crippen LogP contribution in [0.15, 0.2) is 4.99 Å². The van der Waals surface area contributed by atoms with Crippen molar-refractivity contribution in [1.82, 2.24) is 15.1 Å². The van der Waals surface area contributed by atoms with E-state index in [2.05, 4.69) is 15.2 Å². The topological polar surface area (TPSA) is 83.5 Å². The van der Waals surface area contributed by atoms with Gasteiger partial charge in [0.15, 0.2) is 5.96 Å². The number of carbonyl (C=O) groups excluding carboxylic acids is 2. The summed E-state index contributed by atoms with van der Waals surface area (Å²) in [5.41, 5.74) is -0.513. The van der Waals surface area contributed by atoms with Gasteiger partial charge in [0, 0.05) is 39.8 Å². The predicted molar refractivity (Wildman–Crippen MR) is 121 cm³/mol. The largest absolute Gasteiger partial charge is 0.469 e. The standard InChI is InChI=1S/C19H36N4O4.HI/c1-8-10-22(18(25)27-19(3,4)5)11-9-21-17(20-6)23-12-14(2)15(13-23)16(24)26-7;/h14-15H,8-13H2,1-7H3,(H,20,21);1H. The third kappa shape index (κ3) is 8.40. The monoisotopic (exact) mass is 512 g/mol. The number of nitrogens with zero attached hydrogens (tertiary/aromatic N) is 3. The van der Waals surface area contributed by atoms with Crippen LogP contribution in [0.3, 0.4) is 0 Å². The Labute approximate surface area is 186 Å². The van der Waals surface area contributed by atoms with Crippen LogP contribution in [-0.2, 0) is 14.3 Å². The van der Waals surface area contributed by atoms with E-state index in [1.54, 1.807) is 11.9 Å². The van der Waals surface area contributed by atoms with Crippen LogP contribution in [0.4, 0.5) is 4.79 Å². The van der Waals surface area contributed by atoms with E-state index in [4.69, 9.17) is 9.47 Å². The summed E-state index contributed by atoms with van der Waals surface area (Å²) in [6.45, 7) is 12.7. The maximum atomic E-state index is 12.3. The van der Waals surface area contributed by atoms with E-state index in [9.17, 15) is 9.59 Å². The van der Waals surface area contributed by atoms with Crippen molar-refractivity contribution in [3.63, 3.8) is 0 Å². The third-order valence-electron chi connectivity index (χ3n) is 4.44. The summed E-state index contributed by atoms with van der Waals surface area (Å²) in [7, 11) is 3.14. The maximum absolute atomic E-state index is 12.3. The number of methoxy groups -OCH3 is 1. The quantitative estimate of drug-likeness (QED) is 0.255. The molecule has 1 fully saturated rings. The Bertz CT molecular complexity index is 537. The Balaban J connectivity index is 0.00000729. The summed E-state index contributed by atoms with van der Waals surface area (Å²) < 4.78 is 10.4. The maximum Gasteiger partial charge on any atom is 0.410 e. The highest BCUT2D eigenvalue weighted by molar-refractivity contribution is 14.0. The van der Waals surface area contributed by atoms with Crippen molar-refractivity contribution in [2.75, 3.05) is 46.9 Å². The highest BCUT2D eigenvalue weighted by atomic mass is 127. The van der Waals surface area contributed by atoms with E-state index in [-0.39, 0.29) is 47.9 Å². The van der Waals surface area contributed by atoms with Crippen LogP contribution in [0.1, 0.15) is 41.0 Å². The first-order chi connectivity index (χ1) is 12.6. The summed E-state index contributed by atoms with van der Waals surface area (Å²) in [6.07, 6.45) is 0.556. The van der Waals surface area contributed by atoms with E-state index < -0.39 is 5.60 Å². The van der Waals surface area contributed by atoms with Crippen molar-refractivity contribution < 1.29 is 19.1 Å². The summed E-state index contributed by atoms with van der Waals surface area (Å²) in [6, 6.07) is 0. The smallest absolute Gasteiger partial charge is 0.410 e. The Morgan fingerprint density at radius 2 is 1.89 bits per heavy atom. The molecule has 2 atom stereocenters. The van der Waals surface area contributed by atoms with Crippen molar-refractivity contribution in [2.45, 2.75) is 46.6 Å². The number of ether oxygens (including phenoxy) is 2. The molecule has 1 rings (SSSR count). The molecule has 1 N–H and O–H groups in total. The highest BCUT2D eigenvalue weighted by Gasteiger charge is 2.36. The van der Waals surface area contributed by atoms with Crippen LogP contribution in [0, 0.1) is 11.8 Å². The lowest BCUT2D eigenvalue weighted by Gasteiger charge is -2.28. The molecule has 1 aliphatic heterocycles. The van der Waals surface area contributed by atoms with Crippen molar-refractivity contribution in [3.8, 4) is 0 Å². The van der Waals surface area contributed by atoms with Gasteiger partial charge >= 0.3 is 12.1 Å². The molecule has 1 aliphatic rings. The molecule has 0 radical (unpaired) electrons. The second kappa shape index (κ2) is 12.3. The highest BCUT2D eigenvalue weighted by Crippen LogP contribution is 2.24. The number of halogens is 1. The van der Waals surface area contributed by atoms with Crippen LogP contribution in [-0.4, -0.2) is 80.3 Å². The average molecular weight is 512 g/mol. The minimum absolute atomic E-state index is 0. The van der Waals surface area contributed by atoms with Gasteiger partial charge in [0.05, 0.1) is 13.0 Å². The lowest BCUT2D eigenvalue weighted by atomic mass is 9.99. The minimum Gasteiger partial charge on any atom is -0.469 e. The van der Waals surface area contributed by atoms with Gasteiger partial charge in [0.2, 0.25) is 0 Å². The molecule has 1 amide bonds. The molecular weight excluding hydrogens is 475 g/mol. The summed E-state index contributed by atoms with van der Waals surface area (Å²) >= 11 is 0. The molecule has 0 aromatic carbocycles. The van der Waals surface area contributed by atoms with Crippen molar-refractivity contribution in [1.29, 1.82) is 0 Å². The van der Waals surface area contributed by atoms with E-state index >= 15 is 0 Å². The number of guanidine groups is 1. The average Bonchev–Trinajstić information content (AvgIpc) is 2.97. The number of aliphatic imine (C=N–C) groups is 1. The molecule has 1 saturated heterocycles. The molecule has 28 heavy (non-hydrogen) atoms. The number of likely N-dealkylation sites (tertiary alicyclic amines) is 1. The number of carbonyl (C=O) groups is 2. The molecule has 0 saturated carbocycles. The van der Waals surface area contributed by atoms with E-state index in [1.165, 1.54) is 7.11 Å². The molecule has 9 heteroatoms. The van der Waals surface area contributed by atoms with Gasteiger partial charge in [-0.15, -0.1) is 24.0 Å². The fourth-order valence-electron chi connectivity index (χ4n) is 3.12. The molecule has 2 unspecified atom stereocenters. The lowest BCUT2D eigenvalue weighted by molar-refractivity contribution is -0.146. The lowest BCUT2D eigenvalue weighted by Crippen LogP contribution is -2.45. The van der Waals surface area contributed by atoms with Crippen LogP contribution in [0.2, 0.25) is 0 Å². The Kier molecular flexibility index (Phi) is 11.8. The third-order valence-corrected chi connectivity index (χ3v) is 4.44. The zero-order valence-electron chi connectivity index (χ0n) is 18.3. The Morgan fingerprint density at radius 1 is 1.25 bits per heavy atom. The second-order valence-electron chi connectivity index (χ2n) is 7.95. The van der Waals surface area contributed by atoms with Crippen molar-refractivity contribution in [2.24, 2.45) is 16.8 Å². The minimum atomic E-state index is -0.513. The molecule has 0 bridgehead atoms. The van der Waals surface area contributed by atoms with E-state index in [1.807, 2.05) is 34.6 Å². The van der Waals surface area contributed by atoms with Crippen LogP contribution in [0.25, 0.3) is 0 Å². The molecule has 0 aliphatic carbocycles. The molecule has 0 aromatic rings. The molecule has 1 heterocycles. The van der Waals surface area contributed by atoms with Crippen LogP contribution >= 0.6 is 24.0 Å². The second-order valence-corrected chi connectivity index (χ2v) is 7.95. The number of esters is 1. The molecule has 8 nitrogen and oxygen atoms in total. The van der Waals surface area contributed by atoms with Gasteiger partial charge in [-0.2, -0.15) is 0 Å². The number of hydrogen-bond donors (Lipinski definition) is 1. The first kappa shape index (κ1) is 26.7. The molecule has 0 spiro atoms. The van der Waals surface area contributed by atoms with Crippen LogP contribution < -0.4 is 5.32 Å². The summed E-state index contributed by atoms with van der Waals surface area (Å²) in [5, 5.41) is 3.29. The molecule has 164 valence electrons. The van der Waals surface area contributed by atoms with Gasteiger partial charge in [0.1, 0.15) is 5.60 Å². The van der Waals surface area contributed by atoms with E-state index in [0.717, 1.165) is 18.9 Å². The van der Waals surface area contributed by atoms with Gasteiger partial charge in [0.25, 0.3) is 0 Å². The summed E-state index contributed by atoms with van der Waals surface area (Å²) in [5.74, 6) is 0.606. The van der Waals surface area contributed by atoms with Gasteiger partial charge < -0.3 is 24.6 Å². The normalized spacial score (nSPS) is 19.7. The fraction of sp³-hybridized carbons (Fsp3) is 0.842. The Hall–Kier alpha value is -1.26. The zero-order valence-corrected chi connectivity index (χ0v) is 20.6. The first-order valence-corrected chi connectivity index (χ1v) is 9.64. The van der Waals surface area contributed by atoms with Crippen molar-refractivity contribution in [3.05, 3.63) is 0 Å². The van der Waals surface area contributed by atoms with E-state index in [0.29, 0.717) is 26.2 Å².